The number of hydrogen-bond acceptors (Lipinski definition) is 14. The monoisotopic (exact) mass is 1840 g/mol. The Morgan fingerprint density at radius 2 is 0.411 bits per heavy atom. The number of phosphoric ester groups is 2. The molecule has 4 N–H and O–H groups in total. The fourth-order valence-electron chi connectivity index (χ4n) is 14.5. The Bertz CT molecular complexity index is 3030. The largest absolute Gasteiger partial charge is 0.472 e. The summed E-state index contributed by atoms with van der Waals surface area (Å²) >= 11 is 0. The van der Waals surface area contributed by atoms with Crippen LogP contribution in [0.3, 0.4) is 0 Å². The highest BCUT2D eigenvalue weighted by molar-refractivity contribution is 7.47. The van der Waals surface area contributed by atoms with E-state index < -0.39 is 91.5 Å². The van der Waals surface area contributed by atoms with Crippen LogP contribution in [0, 0.1) is 0 Å². The summed E-state index contributed by atoms with van der Waals surface area (Å²) in [6.07, 6.45) is 134. The number of carbonyl (C=O) groups excluding carboxylic acids is 3. The minimum Gasteiger partial charge on any atom is -0.463 e. The van der Waals surface area contributed by atoms with Gasteiger partial charge in [-0.05, 0) is 161 Å². The molecule has 0 heterocycles. The zero-order valence-corrected chi connectivity index (χ0v) is 84.1. The molecule has 0 aliphatic rings. The van der Waals surface area contributed by atoms with Gasteiger partial charge in [-0.15, -0.1) is 0 Å². The van der Waals surface area contributed by atoms with E-state index in [1.165, 1.54) is 238 Å². The Morgan fingerprint density at radius 3 is 0.651 bits per heavy atom. The molecule has 16 nitrogen and oxygen atoms in total. The Kier molecular flexibility index (Phi) is 97.8. The summed E-state index contributed by atoms with van der Waals surface area (Å²) in [4.78, 5) is 59.2. The van der Waals surface area contributed by atoms with Crippen LogP contribution in [0.2, 0.25) is 0 Å². The first-order chi connectivity index (χ1) is 63.2. The lowest BCUT2D eigenvalue weighted by Gasteiger charge is -2.21. The number of esters is 3. The Labute approximate surface area is 790 Å². The lowest BCUT2D eigenvalue weighted by molar-refractivity contribution is -0.161. The molecule has 0 amide bonds. The summed E-state index contributed by atoms with van der Waals surface area (Å²) in [5.41, 5.74) is 0. The molecular weight excluding hydrogens is 1650 g/mol. The maximum atomic E-state index is 13.1. The van der Waals surface area contributed by atoms with E-state index in [2.05, 4.69) is 191 Å². The molecule has 5 unspecified atom stereocenters. The smallest absolute Gasteiger partial charge is 0.463 e. The summed E-state index contributed by atoms with van der Waals surface area (Å²) in [5, 5.41) is 20.8. The van der Waals surface area contributed by atoms with Crippen molar-refractivity contribution in [2.75, 3.05) is 39.6 Å². The van der Waals surface area contributed by atoms with Crippen molar-refractivity contribution in [3.8, 4) is 0 Å². The number of rotatable bonds is 99. The molecule has 0 saturated carbocycles. The Morgan fingerprint density at radius 1 is 0.225 bits per heavy atom. The summed E-state index contributed by atoms with van der Waals surface area (Å²) in [7, 11) is -9.82. The van der Waals surface area contributed by atoms with Gasteiger partial charge in [-0.25, -0.2) is 9.13 Å². The van der Waals surface area contributed by atoms with Gasteiger partial charge in [-0.1, -0.05) is 448 Å². The zero-order valence-electron chi connectivity index (χ0n) is 82.3. The Balaban J connectivity index is 4.61. The molecule has 0 aromatic carbocycles. The van der Waals surface area contributed by atoms with Gasteiger partial charge in [0.1, 0.15) is 25.4 Å². The van der Waals surface area contributed by atoms with Crippen molar-refractivity contribution in [1.29, 1.82) is 0 Å². The summed E-state index contributed by atoms with van der Waals surface area (Å²) in [6, 6.07) is 0. The minimum atomic E-state index is -4.95. The van der Waals surface area contributed by atoms with Crippen LogP contribution in [-0.4, -0.2) is 95.9 Å². The van der Waals surface area contributed by atoms with Crippen LogP contribution in [-0.2, 0) is 55.8 Å². The van der Waals surface area contributed by atoms with Gasteiger partial charge in [0.2, 0.25) is 0 Å². The highest BCUT2D eigenvalue weighted by atomic mass is 31.2. The third kappa shape index (κ3) is 103. The van der Waals surface area contributed by atoms with Gasteiger partial charge in [0.15, 0.2) is 6.10 Å². The van der Waals surface area contributed by atoms with Crippen LogP contribution in [0.5, 0.6) is 0 Å². The number of unbranched alkanes of at least 4 members (excludes halogenated alkanes) is 48. The fourth-order valence-corrected chi connectivity index (χ4v) is 16.1. The standard InChI is InChI=1S/C111H192O16P2/c1-4-7-10-13-16-19-22-25-28-31-34-37-40-43-46-48-50-52-54-56-59-61-64-67-70-73-76-79-82-85-88-91-94-97-109(114)121-100-106(112)101-123-128(117,118)124-102-107(113)103-125-129(119,120)126-105-108(127-111(116)99-96-93-90-87-84-81-78-75-72-69-66-63-58-45-42-39-36-33-30-27-24-21-18-15-12-9-6-3)104-122-110(115)98-95-92-89-86-83-80-77-74-71-68-65-62-60-57-55-53-51-49-47-44-41-38-35-32-29-26-23-20-17-14-11-8-5-2/h9,12,16-21,25-30,34-39,43-47,58,66,69,106-108,112-113H,4-8,10-11,13-15,22-24,31-33,40-42,48-57,59-65,67-68,70-105H2,1-3H3,(H,117,118)(H,119,120)/b12-9-,19-16-,20-17-,21-18-,28-25-,29-26-,30-27-,37-34-,38-35-,39-36-,46-43-,47-44-,58-45-,69-66-. The van der Waals surface area contributed by atoms with Gasteiger partial charge in [0, 0.05) is 19.3 Å². The molecule has 0 spiro atoms. The number of ether oxygens (including phenoxy) is 3. The number of hydrogen-bond donors (Lipinski definition) is 4. The van der Waals surface area contributed by atoms with E-state index >= 15 is 0 Å². The summed E-state index contributed by atoms with van der Waals surface area (Å²) in [6.45, 7) is 2.58. The first-order valence-electron chi connectivity index (χ1n) is 52.4. The molecule has 5 atom stereocenters. The number of aliphatic hydroxyl groups is 2. The quantitative estimate of drug-likeness (QED) is 0.0146. The predicted molar refractivity (Wildman–Crippen MR) is 546 cm³/mol. The highest BCUT2D eigenvalue weighted by Gasteiger charge is 2.30. The van der Waals surface area contributed by atoms with Crippen molar-refractivity contribution >= 4 is 33.6 Å². The zero-order chi connectivity index (χ0) is 93.5. The van der Waals surface area contributed by atoms with Crippen molar-refractivity contribution in [1.82, 2.24) is 0 Å². The molecule has 0 radical (unpaired) electrons. The molecule has 0 bridgehead atoms. The molecule has 0 fully saturated rings. The SMILES string of the molecule is CC/C=C\C/C=C\C/C=C\C/C=C\C/C=C\C/C=C\CCCCCCCCCCC(=O)OC(COC(=O)CCCCCCCCCCCCCCCCCCC/C=C\C/C=C\C/C=C\C/C=C\CCCCC)COP(=O)(O)OCC(O)COP(=O)(O)OCC(O)COC(=O)CCCCCCCCCCCCCCCCCCC/C=C\C/C=C\C/C=C\C/C=C\CCCCC. The van der Waals surface area contributed by atoms with Crippen molar-refractivity contribution in [3.05, 3.63) is 170 Å². The molecule has 0 aliphatic heterocycles. The second-order valence-electron chi connectivity index (χ2n) is 35.0. The molecule has 18 heteroatoms. The van der Waals surface area contributed by atoms with Crippen molar-refractivity contribution in [2.45, 2.75) is 476 Å². The van der Waals surface area contributed by atoms with Gasteiger partial charge in [-0.3, -0.25) is 32.5 Å². The van der Waals surface area contributed by atoms with E-state index in [1.54, 1.807) is 0 Å². The van der Waals surface area contributed by atoms with Crippen LogP contribution in [0.4, 0.5) is 0 Å². The lowest BCUT2D eigenvalue weighted by Crippen LogP contribution is -2.30. The van der Waals surface area contributed by atoms with Crippen LogP contribution < -0.4 is 0 Å². The molecule has 0 rings (SSSR count). The van der Waals surface area contributed by atoms with Crippen LogP contribution in [0.15, 0.2) is 170 Å². The minimum absolute atomic E-state index is 0.0913. The second-order valence-corrected chi connectivity index (χ2v) is 37.9. The maximum Gasteiger partial charge on any atom is 0.472 e. The molecule has 0 aromatic rings. The van der Waals surface area contributed by atoms with Gasteiger partial charge in [0.25, 0.3) is 0 Å². The third-order valence-corrected chi connectivity index (χ3v) is 24.3. The predicted octanol–water partition coefficient (Wildman–Crippen LogP) is 33.3. The van der Waals surface area contributed by atoms with E-state index in [-0.39, 0.29) is 19.3 Å². The number of phosphoric acid groups is 2. The summed E-state index contributed by atoms with van der Waals surface area (Å²) in [5.74, 6) is -1.57. The Hall–Kier alpha value is -5.09. The normalized spacial score (nSPS) is 14.3. The van der Waals surface area contributed by atoms with E-state index in [4.69, 9.17) is 32.3 Å². The highest BCUT2D eigenvalue weighted by Crippen LogP contribution is 2.45. The second kappa shape index (κ2) is 102. The van der Waals surface area contributed by atoms with E-state index in [9.17, 15) is 43.5 Å². The lowest BCUT2D eigenvalue weighted by atomic mass is 10.0. The van der Waals surface area contributed by atoms with Crippen molar-refractivity contribution in [3.63, 3.8) is 0 Å². The number of allylic oxidation sites excluding steroid dienone is 28. The van der Waals surface area contributed by atoms with Gasteiger partial charge >= 0.3 is 33.6 Å². The molecule has 0 aliphatic carbocycles. The van der Waals surface area contributed by atoms with Gasteiger partial charge < -0.3 is 34.2 Å². The van der Waals surface area contributed by atoms with Crippen LogP contribution >= 0.6 is 15.6 Å². The van der Waals surface area contributed by atoms with Crippen molar-refractivity contribution < 1.29 is 75.8 Å². The average molecular weight is 1840 g/mol. The van der Waals surface area contributed by atoms with Crippen LogP contribution in [0.1, 0.15) is 457 Å². The summed E-state index contributed by atoms with van der Waals surface area (Å²) < 4.78 is 61.7. The van der Waals surface area contributed by atoms with E-state index in [1.807, 2.05) is 0 Å². The molecule has 0 saturated heterocycles. The topological polar surface area (TPSA) is 231 Å². The number of carbonyl (C=O) groups is 3. The third-order valence-electron chi connectivity index (χ3n) is 22.4. The molecule has 129 heavy (non-hydrogen) atoms. The molecule has 742 valence electrons. The average Bonchev–Trinajstić information content (AvgIpc) is 0.899. The number of aliphatic hydroxyl groups excluding tert-OH is 2. The maximum absolute atomic E-state index is 13.1. The first kappa shape index (κ1) is 124. The molecule has 0 aromatic heterocycles. The fraction of sp³-hybridized carbons (Fsp3) is 0.721. The van der Waals surface area contributed by atoms with E-state index in [0.29, 0.717) is 19.3 Å². The van der Waals surface area contributed by atoms with Gasteiger partial charge in [0.05, 0.1) is 26.4 Å². The van der Waals surface area contributed by atoms with E-state index in [0.717, 1.165) is 161 Å². The van der Waals surface area contributed by atoms with Crippen LogP contribution in [0.25, 0.3) is 0 Å². The van der Waals surface area contributed by atoms with Crippen molar-refractivity contribution in [2.24, 2.45) is 0 Å². The molecular formula is C111H192O16P2. The first-order valence-corrected chi connectivity index (χ1v) is 55.4. The van der Waals surface area contributed by atoms with Gasteiger partial charge in [-0.2, -0.15) is 0 Å².